The first-order valence-electron chi connectivity index (χ1n) is 7.43. The number of hydrogen-bond donors (Lipinski definition) is 1. The van der Waals surface area contributed by atoms with Gasteiger partial charge in [-0.1, -0.05) is 17.7 Å². The van der Waals surface area contributed by atoms with Crippen molar-refractivity contribution >= 4 is 5.97 Å². The second-order valence-corrected chi connectivity index (χ2v) is 5.92. The van der Waals surface area contributed by atoms with Gasteiger partial charge in [0.05, 0.1) is 13.1 Å². The topological polar surface area (TPSA) is 40.0 Å². The van der Waals surface area contributed by atoms with Crippen LogP contribution in [0, 0.1) is 12.8 Å². The number of carbonyl (C=O) groups excluding carboxylic acids is 1. The summed E-state index contributed by atoms with van der Waals surface area (Å²) >= 11 is 0. The number of aryl methyl sites for hydroxylation is 1. The average molecular weight is 276 g/mol. The van der Waals surface area contributed by atoms with Gasteiger partial charge in [-0.15, -0.1) is 0 Å². The minimum absolute atomic E-state index is 0.00160. The fraction of sp³-hybridized carbons (Fsp3) is 0.562. The Kier molecular flexibility index (Phi) is 3.92. The molecule has 2 bridgehead atoms. The lowest BCUT2D eigenvalue weighted by Crippen LogP contribution is -3.16. The molecule has 0 aliphatic carbocycles. The van der Waals surface area contributed by atoms with Crippen molar-refractivity contribution in [3.63, 3.8) is 0 Å². The van der Waals surface area contributed by atoms with Crippen LogP contribution in [0.3, 0.4) is 0 Å². The lowest BCUT2D eigenvalue weighted by Gasteiger charge is -2.41. The molecule has 1 atom stereocenters. The predicted molar refractivity (Wildman–Crippen MR) is 74.8 cm³/mol. The highest BCUT2D eigenvalue weighted by Crippen LogP contribution is 2.21. The third-order valence-corrected chi connectivity index (χ3v) is 4.41. The van der Waals surface area contributed by atoms with E-state index in [0.29, 0.717) is 11.7 Å². The zero-order valence-corrected chi connectivity index (χ0v) is 11.9. The molecule has 4 nitrogen and oxygen atoms in total. The van der Waals surface area contributed by atoms with Gasteiger partial charge in [-0.25, -0.2) is 4.79 Å². The van der Waals surface area contributed by atoms with Gasteiger partial charge >= 0.3 is 5.97 Å². The number of nitrogens with one attached hydrogen (secondary N) is 1. The van der Waals surface area contributed by atoms with E-state index in [0.717, 1.165) is 6.54 Å². The number of piperidine rings is 3. The summed E-state index contributed by atoms with van der Waals surface area (Å²) in [4.78, 5) is 13.4. The van der Waals surface area contributed by atoms with Crippen molar-refractivity contribution in [1.29, 1.82) is 0 Å². The van der Waals surface area contributed by atoms with Crippen LogP contribution in [0.2, 0.25) is 0 Å². The normalized spacial score (nSPS) is 28.1. The van der Waals surface area contributed by atoms with Gasteiger partial charge in [0.15, 0.2) is 12.7 Å². The maximum atomic E-state index is 11.9. The SMILES string of the molecule is Cc1ccc(OCC(=O)OC2C[NH+]3CCC2CC3)cc1. The third-order valence-electron chi connectivity index (χ3n) is 4.41. The van der Waals surface area contributed by atoms with E-state index in [1.807, 2.05) is 31.2 Å². The Hall–Kier alpha value is -1.55. The molecule has 108 valence electrons. The van der Waals surface area contributed by atoms with Crippen molar-refractivity contribution in [2.45, 2.75) is 25.9 Å². The van der Waals surface area contributed by atoms with Crippen LogP contribution in [-0.4, -0.2) is 38.3 Å². The molecule has 3 saturated heterocycles. The molecule has 0 aromatic heterocycles. The number of hydrogen-bond acceptors (Lipinski definition) is 3. The fourth-order valence-electron chi connectivity index (χ4n) is 3.19. The molecule has 0 radical (unpaired) electrons. The van der Waals surface area contributed by atoms with Gasteiger partial charge in [0, 0.05) is 18.8 Å². The molecule has 20 heavy (non-hydrogen) atoms. The zero-order valence-electron chi connectivity index (χ0n) is 11.9. The first-order valence-corrected chi connectivity index (χ1v) is 7.43. The highest BCUT2D eigenvalue weighted by atomic mass is 16.6. The first-order chi connectivity index (χ1) is 9.70. The van der Waals surface area contributed by atoms with E-state index < -0.39 is 0 Å². The Labute approximate surface area is 119 Å². The quantitative estimate of drug-likeness (QED) is 0.819. The molecule has 0 saturated carbocycles. The van der Waals surface area contributed by atoms with Gasteiger partial charge in [0.2, 0.25) is 0 Å². The number of carbonyl (C=O) groups is 1. The third kappa shape index (κ3) is 3.12. The summed E-state index contributed by atoms with van der Waals surface area (Å²) < 4.78 is 11.0. The van der Waals surface area contributed by atoms with Crippen molar-refractivity contribution in [3.8, 4) is 5.75 Å². The summed E-state index contributed by atoms with van der Waals surface area (Å²) in [7, 11) is 0. The van der Waals surface area contributed by atoms with Crippen molar-refractivity contribution in [2.75, 3.05) is 26.2 Å². The van der Waals surface area contributed by atoms with Gasteiger partial charge in [0.1, 0.15) is 12.3 Å². The Morgan fingerprint density at radius 1 is 1.25 bits per heavy atom. The van der Waals surface area contributed by atoms with E-state index in [1.165, 1.54) is 31.5 Å². The van der Waals surface area contributed by atoms with Crippen molar-refractivity contribution < 1.29 is 19.2 Å². The van der Waals surface area contributed by atoms with E-state index in [1.54, 1.807) is 4.90 Å². The summed E-state index contributed by atoms with van der Waals surface area (Å²) in [6.07, 6.45) is 2.47. The van der Waals surface area contributed by atoms with Crippen molar-refractivity contribution in [2.24, 2.45) is 5.92 Å². The largest absolute Gasteiger partial charge is 0.482 e. The number of rotatable bonds is 4. The van der Waals surface area contributed by atoms with Crippen LogP contribution in [0.5, 0.6) is 5.75 Å². The zero-order chi connectivity index (χ0) is 13.9. The number of esters is 1. The lowest BCUT2D eigenvalue weighted by molar-refractivity contribution is -0.920. The molecule has 1 N–H and O–H groups in total. The highest BCUT2D eigenvalue weighted by Gasteiger charge is 2.39. The molecule has 3 fully saturated rings. The molecule has 3 aliphatic heterocycles. The van der Waals surface area contributed by atoms with E-state index in [4.69, 9.17) is 9.47 Å². The number of ether oxygens (including phenoxy) is 2. The van der Waals surface area contributed by atoms with Crippen molar-refractivity contribution in [3.05, 3.63) is 29.8 Å². The Balaban J connectivity index is 1.46. The average Bonchev–Trinajstić information content (AvgIpc) is 2.48. The standard InChI is InChI=1S/C16H21NO3/c1-12-2-4-14(5-3-12)19-11-16(18)20-15-10-17-8-6-13(15)7-9-17/h2-5,13,15H,6-11H2,1H3/p+1. The molecule has 1 aromatic carbocycles. The maximum Gasteiger partial charge on any atom is 0.344 e. The minimum Gasteiger partial charge on any atom is -0.482 e. The Morgan fingerprint density at radius 2 is 1.95 bits per heavy atom. The van der Waals surface area contributed by atoms with E-state index >= 15 is 0 Å². The lowest BCUT2D eigenvalue weighted by atomic mass is 9.86. The molecule has 4 rings (SSSR count). The Morgan fingerprint density at radius 3 is 2.55 bits per heavy atom. The first kappa shape index (κ1) is 13.4. The maximum absolute atomic E-state index is 11.9. The van der Waals surface area contributed by atoms with Crippen LogP contribution in [0.15, 0.2) is 24.3 Å². The van der Waals surface area contributed by atoms with Gasteiger partial charge in [-0.2, -0.15) is 0 Å². The molecule has 0 spiro atoms. The van der Waals surface area contributed by atoms with Crippen LogP contribution in [-0.2, 0) is 9.53 Å². The molecule has 3 aliphatic rings. The second kappa shape index (κ2) is 5.83. The van der Waals surface area contributed by atoms with Crippen LogP contribution >= 0.6 is 0 Å². The molecule has 0 amide bonds. The van der Waals surface area contributed by atoms with Gasteiger partial charge in [-0.05, 0) is 19.1 Å². The molecule has 1 unspecified atom stereocenters. The minimum atomic E-state index is -0.247. The van der Waals surface area contributed by atoms with E-state index in [-0.39, 0.29) is 18.7 Å². The van der Waals surface area contributed by atoms with Crippen LogP contribution in [0.4, 0.5) is 0 Å². The number of benzene rings is 1. The molecular weight excluding hydrogens is 254 g/mol. The van der Waals surface area contributed by atoms with E-state index in [9.17, 15) is 4.79 Å². The predicted octanol–water partition coefficient (Wildman–Crippen LogP) is 0.594. The highest BCUT2D eigenvalue weighted by molar-refractivity contribution is 5.71. The number of fused-ring (bicyclic) bond motifs is 3. The smallest absolute Gasteiger partial charge is 0.344 e. The summed E-state index contributed by atoms with van der Waals surface area (Å²) in [5.41, 5.74) is 1.18. The van der Waals surface area contributed by atoms with Crippen LogP contribution in [0.1, 0.15) is 18.4 Å². The monoisotopic (exact) mass is 276 g/mol. The van der Waals surface area contributed by atoms with Crippen LogP contribution in [0.25, 0.3) is 0 Å². The van der Waals surface area contributed by atoms with E-state index in [2.05, 4.69) is 0 Å². The van der Waals surface area contributed by atoms with Gasteiger partial charge in [0.25, 0.3) is 0 Å². The number of quaternary nitrogens is 1. The summed E-state index contributed by atoms with van der Waals surface area (Å²) in [6.45, 7) is 5.47. The second-order valence-electron chi connectivity index (χ2n) is 5.92. The summed E-state index contributed by atoms with van der Waals surface area (Å²) in [6, 6.07) is 7.69. The molecule has 3 heterocycles. The molecular formula is C16H22NO3+. The molecule has 1 aromatic rings. The molecule has 4 heteroatoms. The summed E-state index contributed by atoms with van der Waals surface area (Å²) in [5, 5.41) is 0. The van der Waals surface area contributed by atoms with Gasteiger partial charge in [-0.3, -0.25) is 0 Å². The summed E-state index contributed by atoms with van der Waals surface area (Å²) in [5.74, 6) is 1.03. The Bertz CT molecular complexity index is 463. The van der Waals surface area contributed by atoms with Crippen molar-refractivity contribution in [1.82, 2.24) is 0 Å². The van der Waals surface area contributed by atoms with Crippen LogP contribution < -0.4 is 9.64 Å². The fourth-order valence-corrected chi connectivity index (χ4v) is 3.19. The van der Waals surface area contributed by atoms with Gasteiger partial charge < -0.3 is 14.4 Å².